The molecule has 0 aromatic carbocycles. The molecule has 0 aliphatic heterocycles. The van der Waals surface area contributed by atoms with Gasteiger partial charge in [-0.25, -0.2) is 0 Å². The van der Waals surface area contributed by atoms with E-state index in [4.69, 9.17) is 0 Å². The van der Waals surface area contributed by atoms with Crippen molar-refractivity contribution < 1.29 is 18.6 Å². The van der Waals surface area contributed by atoms with Gasteiger partial charge in [0.15, 0.2) is 0 Å². The number of thiophene rings is 1. The second kappa shape index (κ2) is 3.31. The monoisotopic (exact) mass is 148 g/mol. The maximum atomic E-state index is 2.97. The Kier molecular flexibility index (Phi) is 3.44. The summed E-state index contributed by atoms with van der Waals surface area (Å²) in [6.07, 6.45) is 0. The molecule has 1 radical (unpaired) electrons. The van der Waals surface area contributed by atoms with Crippen LogP contribution in [-0.4, -0.2) is 0 Å². The first-order valence-corrected chi connectivity index (χ1v) is 2.69. The van der Waals surface area contributed by atoms with Gasteiger partial charge in [0.1, 0.15) is 0 Å². The minimum atomic E-state index is 0. The third kappa shape index (κ3) is 2.17. The van der Waals surface area contributed by atoms with Crippen LogP contribution in [0.15, 0.2) is 11.4 Å². The normalized spacial score (nSPS) is 7.57. The molecule has 0 fully saturated rings. The van der Waals surface area contributed by atoms with E-state index in [0.717, 1.165) is 0 Å². The summed E-state index contributed by atoms with van der Waals surface area (Å²) in [5.41, 5.74) is 1.31. The third-order valence-corrected chi connectivity index (χ3v) is 1.34. The van der Waals surface area contributed by atoms with E-state index in [2.05, 4.69) is 17.7 Å². The van der Waals surface area contributed by atoms with Gasteiger partial charge in [-0.3, -0.25) is 0 Å². The van der Waals surface area contributed by atoms with Crippen molar-refractivity contribution in [1.82, 2.24) is 0 Å². The van der Waals surface area contributed by atoms with Crippen molar-refractivity contribution in [3.05, 3.63) is 22.4 Å². The Morgan fingerprint density at radius 3 is 2.57 bits per heavy atom. The van der Waals surface area contributed by atoms with Crippen molar-refractivity contribution in [3.8, 4) is 0 Å². The van der Waals surface area contributed by atoms with E-state index in [1.165, 1.54) is 5.56 Å². The summed E-state index contributed by atoms with van der Waals surface area (Å²) in [6.45, 7) is 2.06. The van der Waals surface area contributed by atoms with Gasteiger partial charge in [0.25, 0.3) is 0 Å². The number of rotatable bonds is 0. The molecule has 0 N–H and O–H groups in total. The second-order valence-corrected chi connectivity index (χ2v) is 1.95. The fraction of sp³-hybridized carbons (Fsp3) is 0.200. The molecule has 0 saturated heterocycles. The predicted octanol–water partition coefficient (Wildman–Crippen LogP) is 1.85. The average molecular weight is 148 g/mol. The first-order valence-electron chi connectivity index (χ1n) is 1.81. The number of hydrogen-bond acceptors (Lipinski definition) is 1. The minimum Gasteiger partial charge on any atom is -0.304 e. The van der Waals surface area contributed by atoms with Gasteiger partial charge in [0.05, 0.1) is 0 Å². The first-order chi connectivity index (χ1) is 2.89. The molecule has 1 aromatic rings. The van der Waals surface area contributed by atoms with Crippen LogP contribution in [0.25, 0.3) is 0 Å². The smallest absolute Gasteiger partial charge is 0 e. The third-order valence-electron chi connectivity index (χ3n) is 0.599. The Morgan fingerprint density at radius 2 is 2.43 bits per heavy atom. The van der Waals surface area contributed by atoms with Gasteiger partial charge in [0, 0.05) is 18.6 Å². The Labute approximate surface area is 59.4 Å². The van der Waals surface area contributed by atoms with E-state index < -0.39 is 0 Å². The molecule has 7 heavy (non-hydrogen) atoms. The summed E-state index contributed by atoms with van der Waals surface area (Å²) in [6, 6.07) is 1.98. The van der Waals surface area contributed by atoms with Crippen molar-refractivity contribution >= 4 is 11.3 Å². The van der Waals surface area contributed by atoms with Gasteiger partial charge in [-0.05, 0) is 0 Å². The molecule has 1 heterocycles. The topological polar surface area (TPSA) is 0 Å². The molecule has 0 aliphatic rings. The van der Waals surface area contributed by atoms with Crippen molar-refractivity contribution in [1.29, 1.82) is 0 Å². The maximum absolute atomic E-state index is 2.97. The van der Waals surface area contributed by atoms with Gasteiger partial charge in [-0.1, -0.05) is 6.92 Å². The predicted molar refractivity (Wildman–Crippen MR) is 27.9 cm³/mol. The molecule has 0 atom stereocenters. The summed E-state index contributed by atoms with van der Waals surface area (Å²) in [5, 5.41) is 5.04. The molecule has 0 nitrogen and oxygen atoms in total. The van der Waals surface area contributed by atoms with E-state index in [9.17, 15) is 0 Å². The molecular weight excluding hydrogens is 143 g/mol. The molecule has 0 unspecified atom stereocenters. The van der Waals surface area contributed by atoms with Gasteiger partial charge in [0.2, 0.25) is 0 Å². The van der Waals surface area contributed by atoms with Crippen molar-refractivity contribution in [2.45, 2.75) is 6.92 Å². The Balaban J connectivity index is 0.000000360. The molecule has 2 heteroatoms. The Bertz CT molecular complexity index is 112. The van der Waals surface area contributed by atoms with Gasteiger partial charge in [-0.2, -0.15) is 17.0 Å². The van der Waals surface area contributed by atoms with Gasteiger partial charge in [-0.15, -0.1) is 5.38 Å². The SMILES string of the molecule is Cc1c[c-]sc1.[V]. The average Bonchev–Trinajstić information content (AvgIpc) is 1.86. The van der Waals surface area contributed by atoms with Crippen LogP contribution >= 0.6 is 11.3 Å². The zero-order valence-electron chi connectivity index (χ0n) is 4.01. The van der Waals surface area contributed by atoms with Crippen molar-refractivity contribution in [3.63, 3.8) is 0 Å². The minimum absolute atomic E-state index is 0. The fourth-order valence-electron chi connectivity index (χ4n) is 0.288. The summed E-state index contributed by atoms with van der Waals surface area (Å²) in [4.78, 5) is 0. The van der Waals surface area contributed by atoms with Crippen LogP contribution in [-0.2, 0) is 18.6 Å². The van der Waals surface area contributed by atoms with E-state index in [1.54, 1.807) is 11.3 Å². The fourth-order valence-corrected chi connectivity index (χ4v) is 0.864. The quantitative estimate of drug-likeness (QED) is 0.492. The molecule has 1 aromatic heterocycles. The van der Waals surface area contributed by atoms with Crippen LogP contribution in [0.1, 0.15) is 5.56 Å². The molecule has 0 spiro atoms. The molecule has 1 rings (SSSR count). The van der Waals surface area contributed by atoms with E-state index in [-0.39, 0.29) is 18.6 Å². The standard InChI is InChI=1S/C5H5S.V/c1-5-2-3-6-4-5;/h2,4H,1H3;/q-1;. The van der Waals surface area contributed by atoms with E-state index in [0.29, 0.717) is 0 Å². The van der Waals surface area contributed by atoms with Crippen molar-refractivity contribution in [2.75, 3.05) is 0 Å². The maximum Gasteiger partial charge on any atom is 0 e. The van der Waals surface area contributed by atoms with Crippen LogP contribution < -0.4 is 0 Å². The van der Waals surface area contributed by atoms with E-state index in [1.807, 2.05) is 6.07 Å². The van der Waals surface area contributed by atoms with Crippen molar-refractivity contribution in [2.24, 2.45) is 0 Å². The molecule has 0 saturated carbocycles. The Hall–Kier alpha value is 0.284. The van der Waals surface area contributed by atoms with Crippen LogP contribution in [0.5, 0.6) is 0 Å². The molecule has 0 bridgehead atoms. The van der Waals surface area contributed by atoms with Gasteiger partial charge >= 0.3 is 0 Å². The molecule has 0 amide bonds. The summed E-state index contributed by atoms with van der Waals surface area (Å²) in [7, 11) is 0. The van der Waals surface area contributed by atoms with Crippen LogP contribution in [0.2, 0.25) is 0 Å². The van der Waals surface area contributed by atoms with Crippen LogP contribution in [0, 0.1) is 12.3 Å². The molecule has 37 valence electrons. The largest absolute Gasteiger partial charge is 0.304 e. The number of aryl methyl sites for hydroxylation is 1. The second-order valence-electron chi connectivity index (χ2n) is 1.24. The summed E-state index contributed by atoms with van der Waals surface area (Å²) < 4.78 is 0. The van der Waals surface area contributed by atoms with Crippen LogP contribution in [0.3, 0.4) is 0 Å². The van der Waals surface area contributed by atoms with Crippen LogP contribution in [0.4, 0.5) is 0 Å². The van der Waals surface area contributed by atoms with Gasteiger partial charge < -0.3 is 11.3 Å². The zero-order valence-corrected chi connectivity index (χ0v) is 6.22. The number of hydrogen-bond donors (Lipinski definition) is 0. The summed E-state index contributed by atoms with van der Waals surface area (Å²) in [5.74, 6) is 0. The zero-order chi connectivity index (χ0) is 4.41. The first kappa shape index (κ1) is 7.28. The molecule has 0 aliphatic carbocycles. The van der Waals surface area contributed by atoms with E-state index >= 15 is 0 Å². The summed E-state index contributed by atoms with van der Waals surface area (Å²) >= 11 is 1.61. The molecular formula is C5H5SV-. The Morgan fingerprint density at radius 1 is 1.71 bits per heavy atom.